The molecule has 2 rings (SSSR count). The Hall–Kier alpha value is -1.34. The van der Waals surface area contributed by atoms with Gasteiger partial charge in [-0.05, 0) is 25.7 Å². The second kappa shape index (κ2) is 4.97. The predicted molar refractivity (Wildman–Crippen MR) is 67.5 cm³/mol. The lowest BCUT2D eigenvalue weighted by molar-refractivity contribution is 0.0661. The molecule has 1 fully saturated rings. The van der Waals surface area contributed by atoms with E-state index in [1.807, 2.05) is 6.92 Å². The van der Waals surface area contributed by atoms with Gasteiger partial charge in [-0.15, -0.1) is 0 Å². The maximum Gasteiger partial charge on any atom is 0.371 e. The number of aryl methyl sites for hydroxylation is 1. The fourth-order valence-electron chi connectivity index (χ4n) is 2.42. The first-order valence-electron chi connectivity index (χ1n) is 6.17. The largest absolute Gasteiger partial charge is 0.475 e. The molecule has 6 nitrogen and oxygen atoms in total. The average Bonchev–Trinajstić information content (AvgIpc) is 2.86. The molecule has 0 radical (unpaired) electrons. The summed E-state index contributed by atoms with van der Waals surface area (Å²) in [7, 11) is -3.73. The molecule has 2 atom stereocenters. The number of sulfonamides is 1. The Morgan fingerprint density at radius 2 is 2.16 bits per heavy atom. The molecule has 0 spiro atoms. The number of carboxylic acids is 1. The molecule has 106 valence electrons. The Morgan fingerprint density at radius 1 is 1.47 bits per heavy atom. The Bertz CT molecular complexity index is 589. The van der Waals surface area contributed by atoms with Crippen molar-refractivity contribution in [1.29, 1.82) is 0 Å². The zero-order valence-corrected chi connectivity index (χ0v) is 11.7. The molecule has 7 heteroatoms. The van der Waals surface area contributed by atoms with Crippen LogP contribution in [0.3, 0.4) is 0 Å². The lowest BCUT2D eigenvalue weighted by atomic mass is 10.1. The van der Waals surface area contributed by atoms with Gasteiger partial charge in [0.15, 0.2) is 0 Å². The van der Waals surface area contributed by atoms with E-state index >= 15 is 0 Å². The molecule has 1 aliphatic rings. The molecule has 1 aromatic rings. The summed E-state index contributed by atoms with van der Waals surface area (Å²) < 4.78 is 32.0. The van der Waals surface area contributed by atoms with Crippen LogP contribution in [0.2, 0.25) is 0 Å². The van der Waals surface area contributed by atoms with Gasteiger partial charge in [-0.2, -0.15) is 0 Å². The Morgan fingerprint density at radius 3 is 2.63 bits per heavy atom. The lowest BCUT2D eigenvalue weighted by Gasteiger charge is -2.16. The third-order valence-corrected chi connectivity index (χ3v) is 5.14. The van der Waals surface area contributed by atoms with Gasteiger partial charge in [0, 0.05) is 12.1 Å². The molecule has 1 heterocycles. The van der Waals surface area contributed by atoms with Gasteiger partial charge in [-0.3, -0.25) is 0 Å². The zero-order valence-electron chi connectivity index (χ0n) is 10.8. The quantitative estimate of drug-likeness (QED) is 0.879. The van der Waals surface area contributed by atoms with Gasteiger partial charge in [0.1, 0.15) is 10.7 Å². The minimum absolute atomic E-state index is 0.0902. The van der Waals surface area contributed by atoms with Gasteiger partial charge < -0.3 is 9.52 Å². The molecule has 0 aromatic carbocycles. The van der Waals surface area contributed by atoms with E-state index in [0.29, 0.717) is 5.92 Å². The maximum atomic E-state index is 12.2. The fraction of sp³-hybridized carbons (Fsp3) is 0.583. The molecule has 0 unspecified atom stereocenters. The number of carboxylic acid groups (broad SMARTS) is 1. The molecule has 1 aliphatic carbocycles. The molecule has 1 saturated carbocycles. The first-order valence-corrected chi connectivity index (χ1v) is 7.65. The number of aromatic carboxylic acids is 1. The molecule has 0 aliphatic heterocycles. The second-order valence-electron chi connectivity index (χ2n) is 4.97. The number of furan rings is 1. The number of hydrogen-bond donors (Lipinski definition) is 2. The van der Waals surface area contributed by atoms with Crippen molar-refractivity contribution in [3.8, 4) is 0 Å². The summed E-state index contributed by atoms with van der Waals surface area (Å²) >= 11 is 0. The standard InChI is InChI=1S/C12H17NO5S/c1-7-4-3-5-9(7)13-19(16,17)11-6-10(12(14)15)18-8(11)2/h6-7,9,13H,3-5H2,1-2H3,(H,14,15)/t7-,9+/m0/s1. The van der Waals surface area contributed by atoms with Crippen LogP contribution >= 0.6 is 0 Å². The van der Waals surface area contributed by atoms with Crippen molar-refractivity contribution in [2.75, 3.05) is 0 Å². The highest BCUT2D eigenvalue weighted by atomic mass is 32.2. The highest BCUT2D eigenvalue weighted by Gasteiger charge is 2.31. The normalized spacial score (nSPS) is 23.7. The summed E-state index contributed by atoms with van der Waals surface area (Å²) in [5.74, 6) is -1.26. The maximum absolute atomic E-state index is 12.2. The number of rotatable bonds is 4. The summed E-state index contributed by atoms with van der Waals surface area (Å²) in [6.45, 7) is 3.45. The SMILES string of the molecule is Cc1oc(C(=O)O)cc1S(=O)(=O)N[C@@H]1CCC[C@@H]1C. The minimum atomic E-state index is -3.73. The van der Waals surface area contributed by atoms with E-state index in [-0.39, 0.29) is 22.5 Å². The van der Waals surface area contributed by atoms with Crippen molar-refractivity contribution < 1.29 is 22.7 Å². The molecular formula is C12H17NO5S. The van der Waals surface area contributed by atoms with Crippen LogP contribution in [0.25, 0.3) is 0 Å². The Kier molecular flexibility index (Phi) is 3.69. The summed E-state index contributed by atoms with van der Waals surface area (Å²) in [5.41, 5.74) is 0. The fourth-order valence-corrected chi connectivity index (χ4v) is 3.98. The van der Waals surface area contributed by atoms with E-state index in [9.17, 15) is 13.2 Å². The minimum Gasteiger partial charge on any atom is -0.475 e. The van der Waals surface area contributed by atoms with Crippen LogP contribution in [0.5, 0.6) is 0 Å². The Labute approximate surface area is 111 Å². The van der Waals surface area contributed by atoms with E-state index in [1.165, 1.54) is 6.92 Å². The monoisotopic (exact) mass is 287 g/mol. The van der Waals surface area contributed by atoms with Crippen LogP contribution in [-0.2, 0) is 10.0 Å². The smallest absolute Gasteiger partial charge is 0.371 e. The predicted octanol–water partition coefficient (Wildman–Crippen LogP) is 1.75. The van der Waals surface area contributed by atoms with Crippen molar-refractivity contribution in [3.05, 3.63) is 17.6 Å². The van der Waals surface area contributed by atoms with Gasteiger partial charge in [0.25, 0.3) is 0 Å². The van der Waals surface area contributed by atoms with Crippen molar-refractivity contribution in [2.45, 2.75) is 44.0 Å². The van der Waals surface area contributed by atoms with E-state index in [1.54, 1.807) is 0 Å². The van der Waals surface area contributed by atoms with Crippen LogP contribution in [-0.4, -0.2) is 25.5 Å². The lowest BCUT2D eigenvalue weighted by Crippen LogP contribution is -2.36. The summed E-state index contributed by atoms with van der Waals surface area (Å²) in [6, 6.07) is 0.965. The van der Waals surface area contributed by atoms with Crippen molar-refractivity contribution in [2.24, 2.45) is 5.92 Å². The first-order chi connectivity index (χ1) is 8.81. The van der Waals surface area contributed by atoms with Gasteiger partial charge >= 0.3 is 5.97 Å². The van der Waals surface area contributed by atoms with Crippen molar-refractivity contribution in [3.63, 3.8) is 0 Å². The molecule has 2 N–H and O–H groups in total. The average molecular weight is 287 g/mol. The van der Waals surface area contributed by atoms with Crippen LogP contribution in [0.15, 0.2) is 15.4 Å². The van der Waals surface area contributed by atoms with Crippen LogP contribution in [0.1, 0.15) is 42.5 Å². The topological polar surface area (TPSA) is 96.6 Å². The van der Waals surface area contributed by atoms with E-state index in [2.05, 4.69) is 4.72 Å². The molecule has 0 saturated heterocycles. The third-order valence-electron chi connectivity index (χ3n) is 3.54. The van der Waals surface area contributed by atoms with E-state index < -0.39 is 16.0 Å². The first kappa shape index (κ1) is 14.1. The van der Waals surface area contributed by atoms with Gasteiger partial charge in [0.05, 0.1) is 0 Å². The van der Waals surface area contributed by atoms with Crippen LogP contribution in [0, 0.1) is 12.8 Å². The molecule has 1 aromatic heterocycles. The molecule has 0 bridgehead atoms. The second-order valence-corrected chi connectivity index (χ2v) is 6.65. The van der Waals surface area contributed by atoms with Crippen LogP contribution in [0.4, 0.5) is 0 Å². The summed E-state index contributed by atoms with van der Waals surface area (Å²) in [6.07, 6.45) is 2.81. The highest BCUT2D eigenvalue weighted by molar-refractivity contribution is 7.89. The molecule has 0 amide bonds. The third kappa shape index (κ3) is 2.82. The number of hydrogen-bond acceptors (Lipinski definition) is 4. The van der Waals surface area contributed by atoms with Crippen molar-refractivity contribution in [1.82, 2.24) is 4.72 Å². The summed E-state index contributed by atoms with van der Waals surface area (Å²) in [5, 5.41) is 8.81. The summed E-state index contributed by atoms with van der Waals surface area (Å²) in [4.78, 5) is 10.7. The van der Waals surface area contributed by atoms with Crippen LogP contribution < -0.4 is 4.72 Å². The van der Waals surface area contributed by atoms with Gasteiger partial charge in [0.2, 0.25) is 15.8 Å². The number of nitrogens with one attached hydrogen (secondary N) is 1. The van der Waals surface area contributed by atoms with E-state index in [0.717, 1.165) is 25.3 Å². The molecule has 19 heavy (non-hydrogen) atoms. The Balaban J connectivity index is 2.26. The van der Waals surface area contributed by atoms with Gasteiger partial charge in [-0.1, -0.05) is 13.3 Å². The number of carbonyl (C=O) groups is 1. The molecular weight excluding hydrogens is 270 g/mol. The highest BCUT2D eigenvalue weighted by Crippen LogP contribution is 2.27. The zero-order chi connectivity index (χ0) is 14.2. The van der Waals surface area contributed by atoms with Gasteiger partial charge in [-0.25, -0.2) is 17.9 Å². The van der Waals surface area contributed by atoms with E-state index in [4.69, 9.17) is 9.52 Å². The van der Waals surface area contributed by atoms with Crippen molar-refractivity contribution >= 4 is 16.0 Å².